The van der Waals surface area contributed by atoms with Crippen molar-refractivity contribution in [2.24, 2.45) is 0 Å². The third kappa shape index (κ3) is 5.08. The maximum Gasteiger partial charge on any atom is 0.251 e. The Morgan fingerprint density at radius 3 is 2.36 bits per heavy atom. The number of amides is 1. The van der Waals surface area contributed by atoms with E-state index in [4.69, 9.17) is 5.73 Å². The summed E-state index contributed by atoms with van der Waals surface area (Å²) in [6.45, 7) is 6.20. The molecule has 0 spiro atoms. The van der Waals surface area contributed by atoms with Gasteiger partial charge < -0.3 is 11.1 Å². The molecule has 0 aromatic heterocycles. The molecular formula is C18H23ClN2O. The average molecular weight is 319 g/mol. The molecule has 22 heavy (non-hydrogen) atoms. The Hall–Kier alpha value is -2.00. The molecule has 2 rings (SSSR count). The van der Waals surface area contributed by atoms with E-state index in [0.29, 0.717) is 11.3 Å². The number of aryl methyl sites for hydroxylation is 2. The molecule has 2 aromatic rings. The van der Waals surface area contributed by atoms with Crippen LogP contribution >= 0.6 is 12.4 Å². The van der Waals surface area contributed by atoms with Crippen LogP contribution in [0, 0.1) is 13.8 Å². The first kappa shape index (κ1) is 18.1. The largest absolute Gasteiger partial charge is 0.399 e. The maximum atomic E-state index is 12.2. The average Bonchev–Trinajstić information content (AvgIpc) is 2.37. The number of carbonyl (C=O) groups is 1. The van der Waals surface area contributed by atoms with E-state index in [1.165, 1.54) is 16.7 Å². The molecule has 1 unspecified atom stereocenters. The quantitative estimate of drug-likeness (QED) is 0.845. The first-order valence-corrected chi connectivity index (χ1v) is 7.17. The second-order valence-corrected chi connectivity index (χ2v) is 5.70. The molecule has 0 bridgehead atoms. The van der Waals surface area contributed by atoms with E-state index in [1.54, 1.807) is 24.3 Å². The summed E-state index contributed by atoms with van der Waals surface area (Å²) in [5.41, 5.74) is 10.6. The predicted octanol–water partition coefficient (Wildman–Crippen LogP) is 3.67. The van der Waals surface area contributed by atoms with E-state index in [0.717, 1.165) is 6.42 Å². The first-order chi connectivity index (χ1) is 9.94. The van der Waals surface area contributed by atoms with Crippen molar-refractivity contribution in [2.45, 2.75) is 33.2 Å². The van der Waals surface area contributed by atoms with Crippen molar-refractivity contribution in [3.05, 3.63) is 64.7 Å². The van der Waals surface area contributed by atoms with Gasteiger partial charge in [-0.05, 0) is 51.0 Å². The third-order valence-electron chi connectivity index (χ3n) is 3.35. The summed E-state index contributed by atoms with van der Waals surface area (Å²) >= 11 is 0. The number of hydrogen-bond donors (Lipinski definition) is 2. The lowest BCUT2D eigenvalue weighted by molar-refractivity contribution is 0.0940. The third-order valence-corrected chi connectivity index (χ3v) is 3.35. The van der Waals surface area contributed by atoms with Crippen molar-refractivity contribution in [3.63, 3.8) is 0 Å². The second-order valence-electron chi connectivity index (χ2n) is 5.70. The summed E-state index contributed by atoms with van der Waals surface area (Å²) in [7, 11) is 0. The lowest BCUT2D eigenvalue weighted by Crippen LogP contribution is -2.34. The molecular weight excluding hydrogens is 296 g/mol. The standard InChI is InChI=1S/C18H22N2O.ClH/c1-12-7-13(2)9-15(8-12)10-14(3)20-18(21)16-5-4-6-17(19)11-16;/h4-9,11,14H,10,19H2,1-3H3,(H,20,21);1H. The predicted molar refractivity (Wildman–Crippen MR) is 94.7 cm³/mol. The van der Waals surface area contributed by atoms with Crippen LogP contribution in [0.25, 0.3) is 0 Å². The molecule has 0 aliphatic rings. The number of rotatable bonds is 4. The normalized spacial score (nSPS) is 11.4. The number of nitrogen functional groups attached to an aromatic ring is 1. The Balaban J connectivity index is 0.00000242. The fourth-order valence-electron chi connectivity index (χ4n) is 2.58. The van der Waals surface area contributed by atoms with Gasteiger partial charge in [-0.15, -0.1) is 12.4 Å². The number of benzene rings is 2. The fraction of sp³-hybridized carbons (Fsp3) is 0.278. The van der Waals surface area contributed by atoms with Gasteiger partial charge in [-0.3, -0.25) is 4.79 Å². The molecule has 1 amide bonds. The molecule has 118 valence electrons. The van der Waals surface area contributed by atoms with E-state index in [1.807, 2.05) is 6.92 Å². The van der Waals surface area contributed by atoms with Gasteiger partial charge in [0.25, 0.3) is 5.91 Å². The van der Waals surface area contributed by atoms with Gasteiger partial charge in [0, 0.05) is 17.3 Å². The molecule has 0 saturated carbocycles. The van der Waals surface area contributed by atoms with Gasteiger partial charge in [0.2, 0.25) is 0 Å². The molecule has 0 radical (unpaired) electrons. The molecule has 2 aromatic carbocycles. The Labute approximate surface area is 138 Å². The summed E-state index contributed by atoms with van der Waals surface area (Å²) in [6, 6.07) is 13.6. The van der Waals surface area contributed by atoms with Gasteiger partial charge in [-0.1, -0.05) is 35.4 Å². The number of halogens is 1. The highest BCUT2D eigenvalue weighted by atomic mass is 35.5. The van der Waals surface area contributed by atoms with Crippen LogP contribution in [0.5, 0.6) is 0 Å². The van der Waals surface area contributed by atoms with E-state index >= 15 is 0 Å². The molecule has 0 fully saturated rings. The number of anilines is 1. The second kappa shape index (κ2) is 7.85. The van der Waals surface area contributed by atoms with Gasteiger partial charge in [-0.2, -0.15) is 0 Å². The van der Waals surface area contributed by atoms with Crippen LogP contribution in [0.2, 0.25) is 0 Å². The SMILES string of the molecule is Cc1cc(C)cc(CC(C)NC(=O)c2cccc(N)c2)c1.Cl. The van der Waals surface area contributed by atoms with Crippen LogP contribution in [-0.2, 0) is 6.42 Å². The zero-order valence-electron chi connectivity index (χ0n) is 13.2. The molecule has 0 aliphatic heterocycles. The smallest absolute Gasteiger partial charge is 0.251 e. The van der Waals surface area contributed by atoms with Gasteiger partial charge in [0.1, 0.15) is 0 Å². The summed E-state index contributed by atoms with van der Waals surface area (Å²) in [4.78, 5) is 12.2. The molecule has 0 heterocycles. The van der Waals surface area contributed by atoms with Crippen LogP contribution in [0.15, 0.2) is 42.5 Å². The van der Waals surface area contributed by atoms with Crippen molar-refractivity contribution >= 4 is 24.0 Å². The van der Waals surface area contributed by atoms with E-state index in [-0.39, 0.29) is 24.4 Å². The van der Waals surface area contributed by atoms with Crippen molar-refractivity contribution in [1.29, 1.82) is 0 Å². The lowest BCUT2D eigenvalue weighted by Gasteiger charge is -2.15. The number of nitrogens with one attached hydrogen (secondary N) is 1. The maximum absolute atomic E-state index is 12.2. The summed E-state index contributed by atoms with van der Waals surface area (Å²) in [6.07, 6.45) is 0.816. The Bertz CT molecular complexity index is 635. The zero-order valence-corrected chi connectivity index (χ0v) is 14.0. The van der Waals surface area contributed by atoms with Crippen LogP contribution in [-0.4, -0.2) is 11.9 Å². The highest BCUT2D eigenvalue weighted by Gasteiger charge is 2.11. The summed E-state index contributed by atoms with van der Waals surface area (Å²) in [5, 5.41) is 3.02. The molecule has 4 heteroatoms. The van der Waals surface area contributed by atoms with Crippen LogP contribution in [0.3, 0.4) is 0 Å². The molecule has 3 N–H and O–H groups in total. The zero-order chi connectivity index (χ0) is 15.4. The number of carbonyl (C=O) groups excluding carboxylic acids is 1. The number of hydrogen-bond acceptors (Lipinski definition) is 2. The van der Waals surface area contributed by atoms with Gasteiger partial charge >= 0.3 is 0 Å². The van der Waals surface area contributed by atoms with Crippen molar-refractivity contribution in [1.82, 2.24) is 5.32 Å². The Morgan fingerprint density at radius 2 is 1.77 bits per heavy atom. The Morgan fingerprint density at radius 1 is 1.14 bits per heavy atom. The van der Waals surface area contributed by atoms with Crippen molar-refractivity contribution in [3.8, 4) is 0 Å². The molecule has 0 saturated heterocycles. The van der Waals surface area contributed by atoms with E-state index in [2.05, 4.69) is 37.4 Å². The van der Waals surface area contributed by atoms with Crippen LogP contribution < -0.4 is 11.1 Å². The van der Waals surface area contributed by atoms with Gasteiger partial charge in [0.05, 0.1) is 0 Å². The van der Waals surface area contributed by atoms with Gasteiger partial charge in [0.15, 0.2) is 0 Å². The van der Waals surface area contributed by atoms with Gasteiger partial charge in [-0.25, -0.2) is 0 Å². The summed E-state index contributed by atoms with van der Waals surface area (Å²) in [5.74, 6) is -0.0841. The Kier molecular flexibility index (Phi) is 6.44. The fourth-order valence-corrected chi connectivity index (χ4v) is 2.58. The highest BCUT2D eigenvalue weighted by molar-refractivity contribution is 5.95. The monoisotopic (exact) mass is 318 g/mol. The highest BCUT2D eigenvalue weighted by Crippen LogP contribution is 2.12. The molecule has 1 atom stereocenters. The van der Waals surface area contributed by atoms with E-state index < -0.39 is 0 Å². The minimum atomic E-state index is -0.0841. The van der Waals surface area contributed by atoms with E-state index in [9.17, 15) is 4.79 Å². The summed E-state index contributed by atoms with van der Waals surface area (Å²) < 4.78 is 0. The van der Waals surface area contributed by atoms with Crippen LogP contribution in [0.4, 0.5) is 5.69 Å². The number of nitrogens with two attached hydrogens (primary N) is 1. The molecule has 3 nitrogen and oxygen atoms in total. The molecule has 0 aliphatic carbocycles. The lowest BCUT2D eigenvalue weighted by atomic mass is 10.0. The van der Waals surface area contributed by atoms with Crippen LogP contribution in [0.1, 0.15) is 34.0 Å². The van der Waals surface area contributed by atoms with Crippen molar-refractivity contribution < 1.29 is 4.79 Å². The minimum Gasteiger partial charge on any atom is -0.399 e. The minimum absolute atomic E-state index is 0. The first-order valence-electron chi connectivity index (χ1n) is 7.17. The van der Waals surface area contributed by atoms with Crippen molar-refractivity contribution in [2.75, 3.05) is 5.73 Å². The topological polar surface area (TPSA) is 55.1 Å².